The molecule has 0 aliphatic rings. The highest BCUT2D eigenvalue weighted by molar-refractivity contribution is 7.47. The summed E-state index contributed by atoms with van der Waals surface area (Å²) in [6.45, 7) is 2.11. The van der Waals surface area contributed by atoms with Gasteiger partial charge in [-0.3, -0.25) is 18.6 Å². The molecule has 0 rings (SSSR count). The largest absolute Gasteiger partial charge is 0.472 e. The minimum absolute atomic E-state index is 0.00850. The van der Waals surface area contributed by atoms with Crippen LogP contribution in [0.1, 0.15) is 142 Å². The maximum Gasteiger partial charge on any atom is 0.472 e. The van der Waals surface area contributed by atoms with Crippen molar-refractivity contribution >= 4 is 19.8 Å². The summed E-state index contributed by atoms with van der Waals surface area (Å²) < 4.78 is 32.5. The van der Waals surface area contributed by atoms with Crippen LogP contribution in [0.3, 0.4) is 0 Å². The molecule has 0 fully saturated rings. The lowest BCUT2D eigenvalue weighted by atomic mass is 10.1. The van der Waals surface area contributed by atoms with Crippen LogP contribution in [0, 0.1) is 0 Å². The summed E-state index contributed by atoms with van der Waals surface area (Å²) in [5.41, 5.74) is 0. The standard InChI is InChI=1S/C42H71O10P/c1-3-5-7-9-11-13-15-17-18-19-20-22-23-25-27-29-31-33-41(45)49-37-40(38-51-53(47,48)50-36-39(44)35-43)52-42(46)34-32-30-28-26-24-21-16-14-12-10-8-6-4-2/h5,7,11,13,17-18,20,22,25,27,30,32,39-40,43-44H,3-4,6,8-10,12,14-16,19,21,23-24,26,28-29,31,33-38H2,1-2H3,(H,47,48)/b7-5-,13-11-,18-17-,22-20-,27-25-,32-30+. The molecule has 0 aromatic heterocycles. The quantitative estimate of drug-likeness (QED) is 0.0243. The number of aliphatic hydroxyl groups is 2. The Bertz CT molecular complexity index is 1110. The summed E-state index contributed by atoms with van der Waals surface area (Å²) in [5.74, 6) is -1.10. The zero-order valence-corrected chi connectivity index (χ0v) is 33.6. The highest BCUT2D eigenvalue weighted by Gasteiger charge is 2.27. The first kappa shape index (κ1) is 50.4. The van der Waals surface area contributed by atoms with Crippen LogP contribution < -0.4 is 0 Å². The predicted octanol–water partition coefficient (Wildman–Crippen LogP) is 10.1. The Balaban J connectivity index is 4.50. The zero-order chi connectivity index (χ0) is 39.1. The summed E-state index contributed by atoms with van der Waals surface area (Å²) in [4.78, 5) is 34.8. The van der Waals surface area contributed by atoms with Crippen molar-refractivity contribution in [2.24, 2.45) is 0 Å². The number of allylic oxidation sites excluding steroid dienone is 11. The Hall–Kier alpha value is -2.59. The van der Waals surface area contributed by atoms with E-state index in [0.29, 0.717) is 12.8 Å². The molecule has 0 aromatic carbocycles. The first-order valence-electron chi connectivity index (χ1n) is 19.9. The van der Waals surface area contributed by atoms with Gasteiger partial charge in [0.2, 0.25) is 0 Å². The molecule has 0 saturated carbocycles. The number of hydrogen-bond acceptors (Lipinski definition) is 9. The Morgan fingerprint density at radius 3 is 1.66 bits per heavy atom. The molecule has 0 aliphatic heterocycles. The molecule has 10 nitrogen and oxygen atoms in total. The molecular formula is C42H71O10P. The number of carbonyl (C=O) groups excluding carboxylic acids is 2. The molecule has 3 atom stereocenters. The molecule has 0 bridgehead atoms. The summed E-state index contributed by atoms with van der Waals surface area (Å²) in [5, 5.41) is 18.3. The fourth-order valence-electron chi connectivity index (χ4n) is 4.84. The SMILES string of the molecule is CC/C=C\C/C=C\C/C=C\C/C=C\C/C=C\CCCC(=O)OCC(COP(=O)(O)OCC(O)CO)OC(=O)C/C=C/CCCCCCCCCCCC. The predicted molar refractivity (Wildman–Crippen MR) is 214 cm³/mol. The first-order valence-corrected chi connectivity index (χ1v) is 21.4. The van der Waals surface area contributed by atoms with E-state index in [1.54, 1.807) is 6.08 Å². The van der Waals surface area contributed by atoms with E-state index in [9.17, 15) is 24.2 Å². The average Bonchev–Trinajstić information content (AvgIpc) is 3.14. The number of aliphatic hydroxyl groups excluding tert-OH is 2. The van der Waals surface area contributed by atoms with Crippen molar-refractivity contribution in [3.63, 3.8) is 0 Å². The third-order valence-electron chi connectivity index (χ3n) is 7.88. The molecule has 11 heteroatoms. The molecular weight excluding hydrogens is 695 g/mol. The molecule has 0 amide bonds. The number of rotatable bonds is 36. The lowest BCUT2D eigenvalue weighted by Crippen LogP contribution is -2.29. The van der Waals surface area contributed by atoms with Gasteiger partial charge in [-0.1, -0.05) is 145 Å². The van der Waals surface area contributed by atoms with Gasteiger partial charge in [-0.15, -0.1) is 0 Å². The van der Waals surface area contributed by atoms with Gasteiger partial charge in [0.05, 0.1) is 26.2 Å². The Morgan fingerprint density at radius 1 is 0.604 bits per heavy atom. The van der Waals surface area contributed by atoms with E-state index in [1.807, 2.05) is 18.2 Å². The molecule has 3 N–H and O–H groups in total. The van der Waals surface area contributed by atoms with Crippen LogP contribution in [0.4, 0.5) is 0 Å². The van der Waals surface area contributed by atoms with E-state index in [1.165, 1.54) is 51.4 Å². The monoisotopic (exact) mass is 766 g/mol. The van der Waals surface area contributed by atoms with Crippen molar-refractivity contribution in [2.75, 3.05) is 26.4 Å². The summed E-state index contributed by atoms with van der Waals surface area (Å²) in [7, 11) is -4.64. The van der Waals surface area contributed by atoms with Crippen molar-refractivity contribution in [1.29, 1.82) is 0 Å². The summed E-state index contributed by atoms with van der Waals surface area (Å²) in [6.07, 6.45) is 41.9. The van der Waals surface area contributed by atoms with Gasteiger partial charge in [-0.05, 0) is 57.8 Å². The molecule has 0 spiro atoms. The zero-order valence-electron chi connectivity index (χ0n) is 32.7. The van der Waals surface area contributed by atoms with Crippen molar-refractivity contribution in [1.82, 2.24) is 0 Å². The van der Waals surface area contributed by atoms with Gasteiger partial charge < -0.3 is 24.6 Å². The minimum atomic E-state index is -4.64. The summed E-state index contributed by atoms with van der Waals surface area (Å²) >= 11 is 0. The first-order chi connectivity index (χ1) is 25.7. The maximum atomic E-state index is 12.5. The third-order valence-corrected chi connectivity index (χ3v) is 8.83. The fraction of sp³-hybridized carbons (Fsp3) is 0.667. The van der Waals surface area contributed by atoms with Crippen LogP contribution >= 0.6 is 7.82 Å². The second-order valence-corrected chi connectivity index (χ2v) is 14.4. The topological polar surface area (TPSA) is 149 Å². The van der Waals surface area contributed by atoms with Crippen LogP contribution in [0.5, 0.6) is 0 Å². The number of hydrogen-bond donors (Lipinski definition) is 3. The Morgan fingerprint density at radius 2 is 1.09 bits per heavy atom. The lowest BCUT2D eigenvalue weighted by Gasteiger charge is -2.20. The molecule has 0 saturated heterocycles. The van der Waals surface area contributed by atoms with E-state index in [4.69, 9.17) is 19.1 Å². The van der Waals surface area contributed by atoms with Gasteiger partial charge in [-0.25, -0.2) is 4.57 Å². The molecule has 0 radical (unpaired) electrons. The minimum Gasteiger partial charge on any atom is -0.462 e. The number of esters is 2. The van der Waals surface area contributed by atoms with Crippen molar-refractivity contribution in [3.05, 3.63) is 72.9 Å². The van der Waals surface area contributed by atoms with E-state index >= 15 is 0 Å². The summed E-state index contributed by atoms with van der Waals surface area (Å²) in [6, 6.07) is 0. The molecule has 0 heterocycles. The highest BCUT2D eigenvalue weighted by atomic mass is 31.2. The number of phosphoric ester groups is 1. The molecule has 3 unspecified atom stereocenters. The van der Waals surface area contributed by atoms with Gasteiger partial charge in [0.1, 0.15) is 12.7 Å². The van der Waals surface area contributed by atoms with Gasteiger partial charge in [0, 0.05) is 6.42 Å². The van der Waals surface area contributed by atoms with Crippen LogP contribution in [-0.2, 0) is 32.7 Å². The normalized spacial score (nSPS) is 14.7. The number of carbonyl (C=O) groups is 2. The molecule has 0 aromatic rings. The van der Waals surface area contributed by atoms with Crippen molar-refractivity contribution < 1.29 is 47.8 Å². The number of ether oxygens (including phenoxy) is 2. The Kier molecular flexibility index (Phi) is 35.9. The second-order valence-electron chi connectivity index (χ2n) is 12.9. The fourth-order valence-corrected chi connectivity index (χ4v) is 5.63. The van der Waals surface area contributed by atoms with E-state index < -0.39 is 51.8 Å². The highest BCUT2D eigenvalue weighted by Crippen LogP contribution is 2.43. The van der Waals surface area contributed by atoms with Crippen molar-refractivity contribution in [3.8, 4) is 0 Å². The van der Waals surface area contributed by atoms with Gasteiger partial charge >= 0.3 is 19.8 Å². The van der Waals surface area contributed by atoms with Gasteiger partial charge in [0.25, 0.3) is 0 Å². The van der Waals surface area contributed by atoms with E-state index in [0.717, 1.165) is 51.4 Å². The van der Waals surface area contributed by atoms with E-state index in [2.05, 4.69) is 67.0 Å². The Labute approximate surface area is 320 Å². The van der Waals surface area contributed by atoms with Gasteiger partial charge in [-0.2, -0.15) is 0 Å². The molecule has 53 heavy (non-hydrogen) atoms. The van der Waals surface area contributed by atoms with E-state index in [-0.39, 0.29) is 19.4 Å². The maximum absolute atomic E-state index is 12.5. The van der Waals surface area contributed by atoms with Crippen LogP contribution in [0.25, 0.3) is 0 Å². The third kappa shape index (κ3) is 37.5. The van der Waals surface area contributed by atoms with Crippen molar-refractivity contribution in [2.45, 2.75) is 154 Å². The van der Waals surface area contributed by atoms with Crippen LogP contribution in [0.15, 0.2) is 72.9 Å². The van der Waals surface area contributed by atoms with Gasteiger partial charge in [0.15, 0.2) is 6.10 Å². The smallest absolute Gasteiger partial charge is 0.462 e. The average molecular weight is 767 g/mol. The van der Waals surface area contributed by atoms with Crippen LogP contribution in [-0.4, -0.2) is 65.7 Å². The van der Waals surface area contributed by atoms with Crippen LogP contribution in [0.2, 0.25) is 0 Å². The lowest BCUT2D eigenvalue weighted by molar-refractivity contribution is -0.160. The number of unbranched alkanes of at least 4 members (excludes halogenated alkanes) is 11. The number of phosphoric acid groups is 1. The molecule has 0 aliphatic carbocycles. The second kappa shape index (κ2) is 37.7. The molecule has 304 valence electrons.